The van der Waals surface area contributed by atoms with Crippen LogP contribution in [0.2, 0.25) is 0 Å². The van der Waals surface area contributed by atoms with Gasteiger partial charge in [-0.05, 0) is 90.7 Å². The fraction of sp³-hybridized carbons (Fsp3) is 0.203. The standard InChI is InChI=1S/C59H53N5O.Pt/c1-57(2,3)41-30-31-61-53(32-41)64-49-25-17-16-24-45(49)46-29-28-43(34-52(46)64)65-44-33-42(36-60-37-44)62-38-63(51-27-19-18-26-50(51)62)56-54(39-20-12-10-13-21-39)47(58(4,5)6)35-48(59(7,8)9)55(56)40-22-14-11-15-23-40;/h10-32,35-37H,1-9H3;/q-2;. The second kappa shape index (κ2) is 17.0. The van der Waals surface area contributed by atoms with E-state index in [2.05, 4.69) is 228 Å². The zero-order valence-electron chi connectivity index (χ0n) is 39.0. The number of fused-ring (bicyclic) bond motifs is 4. The van der Waals surface area contributed by atoms with Gasteiger partial charge in [-0.15, -0.1) is 23.6 Å². The average molecular weight is 1040 g/mol. The smallest absolute Gasteiger partial charge is 0.268 e. The Bertz CT molecular complexity index is 3330. The predicted octanol–water partition coefficient (Wildman–Crippen LogP) is 14.2. The van der Waals surface area contributed by atoms with E-state index in [9.17, 15) is 0 Å². The number of rotatable bonds is 7. The van der Waals surface area contributed by atoms with Gasteiger partial charge in [0, 0.05) is 44.3 Å². The van der Waals surface area contributed by atoms with Crippen LogP contribution in [0.4, 0.5) is 0 Å². The summed E-state index contributed by atoms with van der Waals surface area (Å²) in [7, 11) is 0. The molecular weight excluding hydrogens is 990 g/mol. The molecule has 0 bridgehead atoms. The first-order chi connectivity index (χ1) is 31.1. The van der Waals surface area contributed by atoms with E-state index in [4.69, 9.17) is 14.7 Å². The van der Waals surface area contributed by atoms with Gasteiger partial charge in [-0.25, -0.2) is 4.98 Å². The van der Waals surface area contributed by atoms with Crippen LogP contribution in [0, 0.1) is 18.5 Å². The van der Waals surface area contributed by atoms with Crippen molar-refractivity contribution in [1.82, 2.24) is 19.1 Å². The van der Waals surface area contributed by atoms with Crippen molar-refractivity contribution in [3.63, 3.8) is 0 Å². The van der Waals surface area contributed by atoms with Crippen molar-refractivity contribution < 1.29 is 30.4 Å². The zero-order chi connectivity index (χ0) is 45.3. The monoisotopic (exact) mass is 1040 g/mol. The number of aromatic nitrogens is 5. The summed E-state index contributed by atoms with van der Waals surface area (Å²) < 4.78 is 13.1. The summed E-state index contributed by atoms with van der Waals surface area (Å²) in [4.78, 5) is 9.59. The van der Waals surface area contributed by atoms with E-state index in [1.807, 2.05) is 18.5 Å². The minimum atomic E-state index is -0.182. The van der Waals surface area contributed by atoms with Crippen LogP contribution in [-0.4, -0.2) is 19.1 Å². The zero-order valence-corrected chi connectivity index (χ0v) is 41.2. The van der Waals surface area contributed by atoms with Gasteiger partial charge in [0.05, 0.1) is 16.7 Å². The molecular formula is C59H53N5OPt-2. The number of hydrogen-bond donors (Lipinski definition) is 0. The molecule has 0 unspecified atom stereocenters. The van der Waals surface area contributed by atoms with Gasteiger partial charge in [0.1, 0.15) is 5.82 Å². The van der Waals surface area contributed by atoms with E-state index >= 15 is 0 Å². The van der Waals surface area contributed by atoms with Crippen molar-refractivity contribution in [3.05, 3.63) is 193 Å². The first-order valence-electron chi connectivity index (χ1n) is 22.4. The first kappa shape index (κ1) is 44.6. The van der Waals surface area contributed by atoms with Crippen LogP contribution in [0.25, 0.3) is 72.3 Å². The Labute approximate surface area is 402 Å². The Morgan fingerprint density at radius 2 is 1.17 bits per heavy atom. The van der Waals surface area contributed by atoms with Crippen molar-refractivity contribution in [1.29, 1.82) is 0 Å². The van der Waals surface area contributed by atoms with Crippen molar-refractivity contribution in [2.75, 3.05) is 0 Å². The Morgan fingerprint density at radius 1 is 0.561 bits per heavy atom. The molecule has 0 saturated carbocycles. The molecule has 10 rings (SSSR count). The minimum Gasteiger partial charge on any atom is -0.508 e. The second-order valence-electron chi connectivity index (χ2n) is 20.0. The summed E-state index contributed by atoms with van der Waals surface area (Å²) in [6, 6.07) is 56.5. The number of pyridine rings is 2. The van der Waals surface area contributed by atoms with Gasteiger partial charge < -0.3 is 18.9 Å². The number of imidazole rings is 1. The first-order valence-corrected chi connectivity index (χ1v) is 22.4. The quantitative estimate of drug-likeness (QED) is 0.118. The number of ether oxygens (including phenoxy) is 1. The van der Waals surface area contributed by atoms with E-state index in [1.54, 1.807) is 6.20 Å². The van der Waals surface area contributed by atoms with Gasteiger partial charge in [0.15, 0.2) is 0 Å². The Kier molecular flexibility index (Phi) is 11.5. The van der Waals surface area contributed by atoms with E-state index in [0.717, 1.165) is 55.5 Å². The predicted molar refractivity (Wildman–Crippen MR) is 265 cm³/mol. The van der Waals surface area contributed by atoms with Crippen LogP contribution in [0.15, 0.2) is 158 Å². The molecule has 4 heterocycles. The second-order valence-corrected chi connectivity index (χ2v) is 20.0. The Morgan fingerprint density at radius 3 is 1.80 bits per heavy atom. The number of hydrogen-bond acceptors (Lipinski definition) is 3. The van der Waals surface area contributed by atoms with Crippen LogP contribution >= 0.6 is 0 Å². The van der Waals surface area contributed by atoms with Gasteiger partial charge in [-0.2, -0.15) is 6.07 Å². The fourth-order valence-electron chi connectivity index (χ4n) is 9.10. The molecule has 0 atom stereocenters. The molecule has 332 valence electrons. The van der Waals surface area contributed by atoms with E-state index in [1.165, 1.54) is 27.8 Å². The molecule has 0 amide bonds. The van der Waals surface area contributed by atoms with Gasteiger partial charge in [-0.1, -0.05) is 183 Å². The van der Waals surface area contributed by atoms with E-state index in [-0.39, 0.29) is 37.3 Å². The summed E-state index contributed by atoms with van der Waals surface area (Å²) in [5.41, 5.74) is 13.7. The molecule has 0 aliphatic rings. The topological polar surface area (TPSA) is 48.8 Å². The normalized spacial score (nSPS) is 12.2. The van der Waals surface area contributed by atoms with Crippen molar-refractivity contribution in [3.8, 4) is 50.9 Å². The van der Waals surface area contributed by atoms with Gasteiger partial charge in [0.25, 0.3) is 6.33 Å². The molecule has 66 heavy (non-hydrogen) atoms. The fourth-order valence-corrected chi connectivity index (χ4v) is 9.10. The van der Waals surface area contributed by atoms with Crippen molar-refractivity contribution >= 4 is 32.8 Å². The molecule has 4 aromatic heterocycles. The van der Waals surface area contributed by atoms with Crippen molar-refractivity contribution in [2.24, 2.45) is 0 Å². The van der Waals surface area contributed by atoms with Gasteiger partial charge in [-0.3, -0.25) is 4.57 Å². The molecule has 6 nitrogen and oxygen atoms in total. The maximum Gasteiger partial charge on any atom is 0.268 e. The Balaban J connectivity index is 0.00000548. The van der Waals surface area contributed by atoms with Gasteiger partial charge in [0.2, 0.25) is 0 Å². The largest absolute Gasteiger partial charge is 0.508 e. The summed E-state index contributed by atoms with van der Waals surface area (Å²) in [5, 5.41) is 2.19. The molecule has 0 aliphatic carbocycles. The Hall–Kier alpha value is -6.62. The maximum absolute atomic E-state index is 6.64. The third kappa shape index (κ3) is 8.06. The molecule has 7 heteroatoms. The number of para-hydroxylation sites is 3. The van der Waals surface area contributed by atoms with Crippen LogP contribution in [-0.2, 0) is 37.3 Å². The van der Waals surface area contributed by atoms with Crippen molar-refractivity contribution in [2.45, 2.75) is 78.6 Å². The number of nitrogens with zero attached hydrogens (tertiary/aromatic N) is 5. The van der Waals surface area contributed by atoms with E-state index in [0.29, 0.717) is 17.2 Å². The minimum absolute atomic E-state index is 0. The molecule has 10 aromatic rings. The third-order valence-electron chi connectivity index (χ3n) is 12.3. The average Bonchev–Trinajstić information content (AvgIpc) is 3.84. The molecule has 0 fully saturated rings. The number of benzene rings is 6. The molecule has 0 aliphatic heterocycles. The summed E-state index contributed by atoms with van der Waals surface area (Å²) in [6.45, 7) is 20.5. The summed E-state index contributed by atoms with van der Waals surface area (Å²) in [5.74, 6) is 1.85. The third-order valence-corrected chi connectivity index (χ3v) is 12.3. The van der Waals surface area contributed by atoms with E-state index < -0.39 is 0 Å². The van der Waals surface area contributed by atoms with Crippen LogP contribution in [0.3, 0.4) is 0 Å². The maximum atomic E-state index is 6.64. The molecule has 0 saturated heterocycles. The van der Waals surface area contributed by atoms with Crippen LogP contribution in [0.1, 0.15) is 79.0 Å². The summed E-state index contributed by atoms with van der Waals surface area (Å²) in [6.07, 6.45) is 9.28. The van der Waals surface area contributed by atoms with Crippen LogP contribution in [0.5, 0.6) is 11.5 Å². The SMILES string of the molecule is CC(C)(C)c1ccnc(-n2c3[c-]c(Oc4[c-]c(-n5[c-][n+](-c6c(-c7ccccc7)c(C(C)(C)C)cc(C(C)(C)C)c6-c6ccccc6)c6ccccc65)cnc4)ccc3c3ccccc32)c1.[Pt]. The van der Waals surface area contributed by atoms with Crippen LogP contribution < -0.4 is 9.30 Å². The molecule has 0 spiro atoms. The molecule has 0 radical (unpaired) electrons. The molecule has 0 N–H and O–H groups in total. The summed E-state index contributed by atoms with van der Waals surface area (Å²) >= 11 is 0. The van der Waals surface area contributed by atoms with Gasteiger partial charge >= 0.3 is 0 Å². The molecule has 6 aromatic carbocycles.